The Labute approximate surface area is 106 Å². The molecule has 3 nitrogen and oxygen atoms in total. The molecule has 0 N–H and O–H groups in total. The molecule has 17 heavy (non-hydrogen) atoms. The molecule has 92 valence electrons. The van der Waals surface area contributed by atoms with E-state index in [2.05, 4.69) is 6.58 Å². The molecule has 0 heterocycles. The van der Waals surface area contributed by atoms with Crippen LogP contribution in [0.15, 0.2) is 30.9 Å². The Bertz CT molecular complexity index is 402. The highest BCUT2D eigenvalue weighted by Gasteiger charge is 2.09. The van der Waals surface area contributed by atoms with Gasteiger partial charge in [-0.15, -0.1) is 6.58 Å². The minimum atomic E-state index is -0.0985. The van der Waals surface area contributed by atoms with Gasteiger partial charge in [-0.1, -0.05) is 17.7 Å². The zero-order valence-electron chi connectivity index (χ0n) is 9.74. The summed E-state index contributed by atoms with van der Waals surface area (Å²) in [6, 6.07) is 4.92. The summed E-state index contributed by atoms with van der Waals surface area (Å²) < 4.78 is 10.2. The Hall–Kier alpha value is -1.32. The molecule has 1 aromatic rings. The van der Waals surface area contributed by atoms with E-state index in [0.717, 1.165) is 6.42 Å². The summed E-state index contributed by atoms with van der Waals surface area (Å²) in [7, 11) is 1.53. The molecule has 0 fully saturated rings. The number of hydrogen-bond acceptors (Lipinski definition) is 3. The molecule has 0 spiro atoms. The van der Waals surface area contributed by atoms with E-state index in [1.165, 1.54) is 7.11 Å². The summed E-state index contributed by atoms with van der Waals surface area (Å²) in [4.78, 5) is 11.7. The molecular formula is C13H15ClO3. The summed E-state index contributed by atoms with van der Waals surface area (Å²) in [5.41, 5.74) is 0.523. The summed E-state index contributed by atoms with van der Waals surface area (Å²) in [5, 5.41) is 0.421. The predicted molar refractivity (Wildman–Crippen MR) is 68.0 cm³/mol. The highest BCUT2D eigenvalue weighted by Crippen LogP contribution is 2.25. The Morgan fingerprint density at radius 1 is 1.53 bits per heavy atom. The van der Waals surface area contributed by atoms with Gasteiger partial charge in [0, 0.05) is 5.56 Å². The van der Waals surface area contributed by atoms with Gasteiger partial charge >= 0.3 is 0 Å². The lowest BCUT2D eigenvalue weighted by atomic mass is 10.1. The molecule has 0 aliphatic heterocycles. The third kappa shape index (κ3) is 4.21. The Morgan fingerprint density at radius 3 is 2.88 bits per heavy atom. The molecule has 0 aliphatic carbocycles. The van der Waals surface area contributed by atoms with Gasteiger partial charge in [0.2, 0.25) is 0 Å². The number of Topliss-reactive ketones (excluding diaryl/α,β-unsaturated/α-hetero) is 1. The summed E-state index contributed by atoms with van der Waals surface area (Å²) in [6.07, 6.45) is 2.48. The second-order valence-electron chi connectivity index (χ2n) is 3.40. The normalized spacial score (nSPS) is 10.0. The Morgan fingerprint density at radius 2 is 2.29 bits per heavy atom. The first-order valence-electron chi connectivity index (χ1n) is 5.24. The van der Waals surface area contributed by atoms with Crippen LogP contribution in [0.2, 0.25) is 5.02 Å². The molecule has 0 radical (unpaired) electrons. The van der Waals surface area contributed by atoms with Crippen molar-refractivity contribution in [2.75, 3.05) is 20.3 Å². The number of carbonyl (C=O) groups excluding carboxylic acids is 1. The Kier molecular flexibility index (Phi) is 5.73. The van der Waals surface area contributed by atoms with Crippen molar-refractivity contribution in [2.24, 2.45) is 0 Å². The molecule has 0 aromatic heterocycles. The van der Waals surface area contributed by atoms with E-state index < -0.39 is 0 Å². The van der Waals surface area contributed by atoms with Crippen LogP contribution in [0.5, 0.6) is 5.75 Å². The van der Waals surface area contributed by atoms with E-state index in [-0.39, 0.29) is 12.4 Å². The molecule has 0 aliphatic rings. The lowest BCUT2D eigenvalue weighted by Gasteiger charge is -2.06. The zero-order chi connectivity index (χ0) is 12.7. The molecule has 0 atom stereocenters. The minimum absolute atomic E-state index is 0.0521. The number of carbonyl (C=O) groups is 1. The van der Waals surface area contributed by atoms with Crippen LogP contribution in [-0.4, -0.2) is 26.1 Å². The lowest BCUT2D eigenvalue weighted by Crippen LogP contribution is -2.09. The molecule has 0 bridgehead atoms. The summed E-state index contributed by atoms with van der Waals surface area (Å²) >= 11 is 5.93. The van der Waals surface area contributed by atoms with Gasteiger partial charge in [0.05, 0.1) is 18.7 Å². The maximum Gasteiger partial charge on any atom is 0.188 e. The lowest BCUT2D eigenvalue weighted by molar-refractivity contribution is 0.0768. The first-order valence-corrected chi connectivity index (χ1v) is 5.62. The van der Waals surface area contributed by atoms with Gasteiger partial charge in [-0.05, 0) is 24.6 Å². The summed E-state index contributed by atoms with van der Waals surface area (Å²) in [6.45, 7) is 4.12. The van der Waals surface area contributed by atoms with Gasteiger partial charge in [-0.2, -0.15) is 0 Å². The minimum Gasteiger partial charge on any atom is -0.495 e. The number of hydrogen-bond donors (Lipinski definition) is 0. The maximum absolute atomic E-state index is 11.7. The molecule has 0 amide bonds. The van der Waals surface area contributed by atoms with Crippen LogP contribution >= 0.6 is 11.6 Å². The number of halogens is 1. The first-order chi connectivity index (χ1) is 8.19. The molecule has 1 aromatic carbocycles. The van der Waals surface area contributed by atoms with E-state index in [1.807, 2.05) is 0 Å². The van der Waals surface area contributed by atoms with Crippen LogP contribution in [0.25, 0.3) is 0 Å². The van der Waals surface area contributed by atoms with E-state index >= 15 is 0 Å². The van der Waals surface area contributed by atoms with E-state index in [4.69, 9.17) is 21.1 Å². The highest BCUT2D eigenvalue weighted by atomic mass is 35.5. The number of ketones is 1. The number of ether oxygens (including phenoxy) is 2. The van der Waals surface area contributed by atoms with Crippen molar-refractivity contribution in [3.05, 3.63) is 41.4 Å². The molecule has 0 saturated carbocycles. The number of methoxy groups -OCH3 is 1. The van der Waals surface area contributed by atoms with Gasteiger partial charge in [0.25, 0.3) is 0 Å². The van der Waals surface area contributed by atoms with Crippen LogP contribution in [0, 0.1) is 0 Å². The molecule has 1 rings (SSSR count). The van der Waals surface area contributed by atoms with Crippen LogP contribution < -0.4 is 4.74 Å². The molecule has 0 unspecified atom stereocenters. The topological polar surface area (TPSA) is 35.5 Å². The zero-order valence-corrected chi connectivity index (χ0v) is 10.5. The maximum atomic E-state index is 11.7. The Balaban J connectivity index is 2.57. The average molecular weight is 255 g/mol. The van der Waals surface area contributed by atoms with Crippen molar-refractivity contribution in [3.63, 3.8) is 0 Å². The highest BCUT2D eigenvalue weighted by molar-refractivity contribution is 6.32. The predicted octanol–water partition coefficient (Wildman–Crippen LogP) is 3.12. The number of benzene rings is 1. The van der Waals surface area contributed by atoms with Gasteiger partial charge < -0.3 is 9.47 Å². The van der Waals surface area contributed by atoms with Crippen molar-refractivity contribution in [2.45, 2.75) is 6.42 Å². The molecular weight excluding hydrogens is 240 g/mol. The van der Waals surface area contributed by atoms with Crippen molar-refractivity contribution in [1.29, 1.82) is 0 Å². The SMILES string of the molecule is C=CCCOCC(=O)c1ccc(OC)c(Cl)c1. The van der Waals surface area contributed by atoms with Crippen molar-refractivity contribution < 1.29 is 14.3 Å². The third-order valence-electron chi connectivity index (χ3n) is 2.17. The van der Waals surface area contributed by atoms with Crippen LogP contribution in [-0.2, 0) is 4.74 Å². The third-order valence-corrected chi connectivity index (χ3v) is 2.47. The van der Waals surface area contributed by atoms with E-state index in [0.29, 0.717) is 22.9 Å². The number of rotatable bonds is 7. The monoisotopic (exact) mass is 254 g/mol. The summed E-state index contributed by atoms with van der Waals surface area (Å²) in [5.74, 6) is 0.453. The fourth-order valence-electron chi connectivity index (χ4n) is 1.25. The second-order valence-corrected chi connectivity index (χ2v) is 3.81. The fraction of sp³-hybridized carbons (Fsp3) is 0.308. The standard InChI is InChI=1S/C13H15ClO3/c1-3-4-7-17-9-12(15)10-5-6-13(16-2)11(14)8-10/h3,5-6,8H,1,4,7,9H2,2H3. The van der Waals surface area contributed by atoms with E-state index in [9.17, 15) is 4.79 Å². The van der Waals surface area contributed by atoms with Crippen molar-refractivity contribution in [3.8, 4) is 5.75 Å². The molecule has 0 saturated heterocycles. The van der Waals surface area contributed by atoms with Crippen molar-refractivity contribution in [1.82, 2.24) is 0 Å². The van der Waals surface area contributed by atoms with Crippen LogP contribution in [0.4, 0.5) is 0 Å². The fourth-order valence-corrected chi connectivity index (χ4v) is 1.51. The second kappa shape index (κ2) is 7.09. The van der Waals surface area contributed by atoms with E-state index in [1.54, 1.807) is 24.3 Å². The average Bonchev–Trinajstić information content (AvgIpc) is 2.34. The first kappa shape index (κ1) is 13.7. The van der Waals surface area contributed by atoms with Crippen LogP contribution in [0.3, 0.4) is 0 Å². The quantitative estimate of drug-likeness (QED) is 0.426. The smallest absolute Gasteiger partial charge is 0.188 e. The van der Waals surface area contributed by atoms with Crippen molar-refractivity contribution >= 4 is 17.4 Å². The van der Waals surface area contributed by atoms with Gasteiger partial charge in [-0.3, -0.25) is 4.79 Å². The van der Waals surface area contributed by atoms with Gasteiger partial charge in [-0.25, -0.2) is 0 Å². The van der Waals surface area contributed by atoms with Crippen LogP contribution in [0.1, 0.15) is 16.8 Å². The molecule has 4 heteroatoms. The van der Waals surface area contributed by atoms with Gasteiger partial charge in [0.15, 0.2) is 5.78 Å². The van der Waals surface area contributed by atoms with Gasteiger partial charge in [0.1, 0.15) is 12.4 Å². The largest absolute Gasteiger partial charge is 0.495 e.